The maximum atomic E-state index is 8.38. The van der Waals surface area contributed by atoms with Crippen molar-refractivity contribution in [3.8, 4) is 0 Å². The Bertz CT molecular complexity index is 355. The lowest BCUT2D eigenvalue weighted by molar-refractivity contribution is -0.526. The highest BCUT2D eigenvalue weighted by Crippen LogP contribution is 2.30. The minimum Gasteiger partial charge on any atom is -0.221 e. The van der Waals surface area contributed by atoms with Crippen LogP contribution in [-0.2, 0) is 31.1 Å². The van der Waals surface area contributed by atoms with Gasteiger partial charge in [-0.15, -0.1) is 0 Å². The summed E-state index contributed by atoms with van der Waals surface area (Å²) in [5.74, 6) is 0. The first-order chi connectivity index (χ1) is 8.33. The second-order valence-electron chi connectivity index (χ2n) is 4.92. The third-order valence-electron chi connectivity index (χ3n) is 2.74. The summed E-state index contributed by atoms with van der Waals surface area (Å²) in [4.78, 5) is 9.55. The lowest BCUT2D eigenvalue weighted by Crippen LogP contribution is -2.25. The van der Waals surface area contributed by atoms with Gasteiger partial charge in [0.05, 0.1) is 0 Å². The van der Waals surface area contributed by atoms with E-state index in [1.807, 2.05) is 12.1 Å². The summed E-state index contributed by atoms with van der Waals surface area (Å²) in [5, 5.41) is 24.2. The van der Waals surface area contributed by atoms with Gasteiger partial charge in [0.15, 0.2) is 0 Å². The summed E-state index contributed by atoms with van der Waals surface area (Å²) >= 11 is 0. The zero-order chi connectivity index (χ0) is 13.8. The SMILES string of the molecule is CC(C)(OOO)c1cccc(C(C)(C)OOO)c1. The van der Waals surface area contributed by atoms with Gasteiger partial charge in [-0.3, -0.25) is 0 Å². The van der Waals surface area contributed by atoms with Crippen molar-refractivity contribution in [3.63, 3.8) is 0 Å². The van der Waals surface area contributed by atoms with Gasteiger partial charge in [-0.25, -0.2) is 10.5 Å². The molecule has 0 heterocycles. The van der Waals surface area contributed by atoms with Crippen LogP contribution in [0.4, 0.5) is 0 Å². The zero-order valence-electron chi connectivity index (χ0n) is 10.8. The van der Waals surface area contributed by atoms with E-state index in [1.165, 1.54) is 0 Å². The molecule has 0 spiro atoms. The summed E-state index contributed by atoms with van der Waals surface area (Å²) in [6, 6.07) is 7.24. The van der Waals surface area contributed by atoms with E-state index < -0.39 is 11.2 Å². The molecule has 0 aliphatic carbocycles. The highest BCUT2D eigenvalue weighted by atomic mass is 17.5. The highest BCUT2D eigenvalue weighted by Gasteiger charge is 2.28. The average Bonchev–Trinajstić information content (AvgIpc) is 2.29. The Morgan fingerprint density at radius 2 is 1.22 bits per heavy atom. The first-order valence-corrected chi connectivity index (χ1v) is 5.43. The fourth-order valence-corrected chi connectivity index (χ4v) is 1.55. The van der Waals surface area contributed by atoms with E-state index in [0.29, 0.717) is 0 Å². The molecule has 0 atom stereocenters. The second kappa shape index (κ2) is 5.75. The Morgan fingerprint density at radius 3 is 1.56 bits per heavy atom. The molecule has 0 aliphatic heterocycles. The minimum atomic E-state index is -0.832. The molecule has 6 heteroatoms. The molecule has 0 radical (unpaired) electrons. The van der Waals surface area contributed by atoms with Crippen LogP contribution in [0.25, 0.3) is 0 Å². The standard InChI is InChI=1S/C12H18O6/c1-11(2,15-17-13)9-6-5-7-10(8-9)12(3,4)16-18-14/h5-8,13-14H,1-4H3. The summed E-state index contributed by atoms with van der Waals surface area (Å²) < 4.78 is 0. The third-order valence-corrected chi connectivity index (χ3v) is 2.74. The molecule has 18 heavy (non-hydrogen) atoms. The molecule has 6 nitrogen and oxygen atoms in total. The van der Waals surface area contributed by atoms with Crippen LogP contribution in [0.1, 0.15) is 38.8 Å². The van der Waals surface area contributed by atoms with E-state index in [9.17, 15) is 0 Å². The molecule has 0 aliphatic rings. The molecular formula is C12H18O6. The van der Waals surface area contributed by atoms with Crippen molar-refractivity contribution in [1.29, 1.82) is 0 Å². The smallest absolute Gasteiger partial charge is 0.126 e. The van der Waals surface area contributed by atoms with Crippen LogP contribution in [0.15, 0.2) is 24.3 Å². The highest BCUT2D eigenvalue weighted by molar-refractivity contribution is 5.30. The van der Waals surface area contributed by atoms with E-state index in [1.54, 1.807) is 39.8 Å². The Hall–Kier alpha value is -1.02. The first kappa shape index (κ1) is 15.0. The van der Waals surface area contributed by atoms with Crippen LogP contribution in [0.3, 0.4) is 0 Å². The number of hydrogen-bond acceptors (Lipinski definition) is 6. The van der Waals surface area contributed by atoms with Gasteiger partial charge >= 0.3 is 0 Å². The quantitative estimate of drug-likeness (QED) is 0.603. The van der Waals surface area contributed by atoms with Crippen LogP contribution in [-0.4, -0.2) is 10.5 Å². The molecule has 0 unspecified atom stereocenters. The Balaban J connectivity index is 3.06. The normalized spacial score (nSPS) is 12.8. The zero-order valence-corrected chi connectivity index (χ0v) is 10.8. The van der Waals surface area contributed by atoms with Gasteiger partial charge in [0.2, 0.25) is 0 Å². The van der Waals surface area contributed by atoms with E-state index in [4.69, 9.17) is 20.3 Å². The van der Waals surface area contributed by atoms with Crippen molar-refractivity contribution in [2.24, 2.45) is 0 Å². The molecule has 0 fully saturated rings. The van der Waals surface area contributed by atoms with Crippen LogP contribution in [0.5, 0.6) is 0 Å². The molecule has 0 amide bonds. The minimum absolute atomic E-state index is 0.767. The van der Waals surface area contributed by atoms with Crippen molar-refractivity contribution < 1.29 is 30.4 Å². The Labute approximate surface area is 105 Å². The second-order valence-corrected chi connectivity index (χ2v) is 4.92. The Morgan fingerprint density at radius 1 is 0.833 bits per heavy atom. The van der Waals surface area contributed by atoms with Gasteiger partial charge in [-0.05, 0) is 44.9 Å². The topological polar surface area (TPSA) is 77.4 Å². The van der Waals surface area contributed by atoms with Crippen LogP contribution >= 0.6 is 0 Å². The molecule has 1 rings (SSSR count). The first-order valence-electron chi connectivity index (χ1n) is 5.43. The lowest BCUT2D eigenvalue weighted by atomic mass is 9.91. The summed E-state index contributed by atoms with van der Waals surface area (Å²) in [6.45, 7) is 6.94. The van der Waals surface area contributed by atoms with E-state index in [0.717, 1.165) is 11.1 Å². The fourth-order valence-electron chi connectivity index (χ4n) is 1.55. The summed E-state index contributed by atoms with van der Waals surface area (Å²) in [6.07, 6.45) is 0. The molecule has 0 saturated heterocycles. The molecule has 2 N–H and O–H groups in total. The van der Waals surface area contributed by atoms with Crippen molar-refractivity contribution in [2.75, 3.05) is 0 Å². The van der Waals surface area contributed by atoms with Crippen molar-refractivity contribution >= 4 is 0 Å². The van der Waals surface area contributed by atoms with Gasteiger partial charge in [0.1, 0.15) is 11.2 Å². The van der Waals surface area contributed by atoms with Gasteiger partial charge < -0.3 is 0 Å². The van der Waals surface area contributed by atoms with Crippen molar-refractivity contribution in [1.82, 2.24) is 0 Å². The van der Waals surface area contributed by atoms with E-state index in [2.05, 4.69) is 10.1 Å². The average molecular weight is 258 g/mol. The maximum absolute atomic E-state index is 8.38. The van der Waals surface area contributed by atoms with Crippen LogP contribution < -0.4 is 0 Å². The van der Waals surface area contributed by atoms with Crippen LogP contribution in [0.2, 0.25) is 0 Å². The number of benzene rings is 1. The van der Waals surface area contributed by atoms with E-state index in [-0.39, 0.29) is 0 Å². The molecule has 0 aromatic heterocycles. The van der Waals surface area contributed by atoms with Gasteiger partial charge in [0.25, 0.3) is 0 Å². The largest absolute Gasteiger partial charge is 0.221 e. The van der Waals surface area contributed by atoms with Gasteiger partial charge in [-0.2, -0.15) is 9.78 Å². The monoisotopic (exact) mass is 258 g/mol. The molecule has 1 aromatic rings. The van der Waals surface area contributed by atoms with Gasteiger partial charge in [-0.1, -0.05) is 28.3 Å². The van der Waals surface area contributed by atoms with Gasteiger partial charge in [0, 0.05) is 0 Å². The Kier molecular flexibility index (Phi) is 4.80. The maximum Gasteiger partial charge on any atom is 0.126 e. The van der Waals surface area contributed by atoms with Crippen molar-refractivity contribution in [3.05, 3.63) is 35.4 Å². The predicted molar refractivity (Wildman–Crippen MR) is 62.1 cm³/mol. The lowest BCUT2D eigenvalue weighted by Gasteiger charge is -2.26. The van der Waals surface area contributed by atoms with Crippen molar-refractivity contribution in [2.45, 2.75) is 38.9 Å². The predicted octanol–water partition coefficient (Wildman–Crippen LogP) is 3.00. The molecule has 1 aromatic carbocycles. The number of hydrogen-bond donors (Lipinski definition) is 2. The summed E-state index contributed by atoms with van der Waals surface area (Å²) in [5.41, 5.74) is -0.130. The summed E-state index contributed by atoms with van der Waals surface area (Å²) in [7, 11) is 0. The fraction of sp³-hybridized carbons (Fsp3) is 0.500. The molecular weight excluding hydrogens is 240 g/mol. The van der Waals surface area contributed by atoms with Crippen LogP contribution in [0, 0.1) is 0 Å². The molecule has 0 bridgehead atoms. The van der Waals surface area contributed by atoms with E-state index >= 15 is 0 Å². The third kappa shape index (κ3) is 3.49. The number of rotatable bonds is 6. The molecule has 102 valence electrons. The molecule has 0 saturated carbocycles.